The lowest BCUT2D eigenvalue weighted by Gasteiger charge is -2.18. The fourth-order valence-electron chi connectivity index (χ4n) is 3.66. The zero-order valence-electron chi connectivity index (χ0n) is 19.3. The molecule has 1 amide bonds. The second-order valence-electron chi connectivity index (χ2n) is 8.01. The molecule has 0 saturated carbocycles. The summed E-state index contributed by atoms with van der Waals surface area (Å²) in [7, 11) is 0. The zero-order valence-corrected chi connectivity index (χ0v) is 19.3. The van der Waals surface area contributed by atoms with Crippen LogP contribution in [0.3, 0.4) is 0 Å². The molecule has 0 spiro atoms. The van der Waals surface area contributed by atoms with Gasteiger partial charge in [-0.3, -0.25) is 4.79 Å². The van der Waals surface area contributed by atoms with Crippen LogP contribution >= 0.6 is 0 Å². The monoisotopic (exact) mass is 451 g/mol. The van der Waals surface area contributed by atoms with Gasteiger partial charge in [0.2, 0.25) is 0 Å². The van der Waals surface area contributed by atoms with Gasteiger partial charge in [0.1, 0.15) is 11.5 Å². The third kappa shape index (κ3) is 6.48. The van der Waals surface area contributed by atoms with Crippen molar-refractivity contribution in [2.24, 2.45) is 0 Å². The molecule has 0 saturated heterocycles. The van der Waals surface area contributed by atoms with E-state index in [1.54, 1.807) is 0 Å². The first-order valence-corrected chi connectivity index (χ1v) is 11.6. The molecule has 4 heteroatoms. The van der Waals surface area contributed by atoms with Crippen molar-refractivity contribution >= 4 is 11.6 Å². The third-order valence-corrected chi connectivity index (χ3v) is 5.51. The van der Waals surface area contributed by atoms with Crippen LogP contribution in [-0.4, -0.2) is 18.6 Å². The summed E-state index contributed by atoms with van der Waals surface area (Å²) in [6.45, 7) is 2.51. The van der Waals surface area contributed by atoms with Gasteiger partial charge in [-0.2, -0.15) is 0 Å². The Morgan fingerprint density at radius 1 is 0.765 bits per heavy atom. The minimum absolute atomic E-state index is 0.184. The molecule has 0 aliphatic carbocycles. The van der Waals surface area contributed by atoms with Crippen molar-refractivity contribution < 1.29 is 14.3 Å². The first kappa shape index (κ1) is 23.1. The highest BCUT2D eigenvalue weighted by atomic mass is 16.5. The molecule has 1 unspecified atom stereocenters. The summed E-state index contributed by atoms with van der Waals surface area (Å²) in [4.78, 5) is 12.9. The van der Waals surface area contributed by atoms with Gasteiger partial charge in [0.05, 0.1) is 6.61 Å². The summed E-state index contributed by atoms with van der Waals surface area (Å²) in [5.74, 6) is 1.20. The van der Waals surface area contributed by atoms with Crippen molar-refractivity contribution in [3.8, 4) is 22.6 Å². The van der Waals surface area contributed by atoms with Crippen molar-refractivity contribution in [3.63, 3.8) is 0 Å². The average Bonchev–Trinajstić information content (AvgIpc) is 2.89. The number of hydrogen-bond donors (Lipinski definition) is 1. The highest BCUT2D eigenvalue weighted by Gasteiger charge is 2.19. The Bertz CT molecular complexity index is 1170. The highest BCUT2D eigenvalue weighted by molar-refractivity contribution is 5.94. The van der Waals surface area contributed by atoms with Crippen molar-refractivity contribution in [3.05, 3.63) is 115 Å². The second-order valence-corrected chi connectivity index (χ2v) is 8.01. The van der Waals surface area contributed by atoms with E-state index in [0.717, 1.165) is 23.3 Å². The van der Waals surface area contributed by atoms with E-state index in [-0.39, 0.29) is 5.91 Å². The minimum Gasteiger partial charge on any atom is -0.493 e. The number of ether oxygens (including phenoxy) is 2. The summed E-state index contributed by atoms with van der Waals surface area (Å²) in [5.41, 5.74) is 4.16. The molecule has 4 rings (SSSR count). The number of carbonyl (C=O) groups is 1. The maximum Gasteiger partial charge on any atom is 0.265 e. The largest absolute Gasteiger partial charge is 0.493 e. The molecule has 4 nitrogen and oxygen atoms in total. The number of hydrogen-bond acceptors (Lipinski definition) is 3. The fourth-order valence-corrected chi connectivity index (χ4v) is 3.66. The van der Waals surface area contributed by atoms with E-state index in [1.807, 2.05) is 91.9 Å². The minimum atomic E-state index is -0.592. The van der Waals surface area contributed by atoms with Gasteiger partial charge in [-0.05, 0) is 47.4 Å². The van der Waals surface area contributed by atoms with Gasteiger partial charge >= 0.3 is 0 Å². The van der Waals surface area contributed by atoms with E-state index >= 15 is 0 Å². The summed E-state index contributed by atoms with van der Waals surface area (Å²) in [6, 6.07) is 35.6. The van der Waals surface area contributed by atoms with Crippen LogP contribution in [0.1, 0.15) is 18.9 Å². The van der Waals surface area contributed by atoms with E-state index in [0.29, 0.717) is 24.5 Å². The number of rotatable bonds is 10. The molecule has 1 atom stereocenters. The van der Waals surface area contributed by atoms with Gasteiger partial charge in [-0.1, -0.05) is 85.8 Å². The number of carbonyl (C=O) groups excluding carboxylic acids is 1. The van der Waals surface area contributed by atoms with E-state index in [1.165, 1.54) is 5.56 Å². The molecular weight excluding hydrogens is 422 g/mol. The normalized spacial score (nSPS) is 11.4. The standard InChI is InChI=1S/C30H29NO3/c1-2-29(34-27-18-16-25(17-19-27)24-12-7-4-8-13-24)30(32)31-26-14-9-15-28(22-26)33-21-20-23-10-5-3-6-11-23/h3-19,22,29H,2,20-21H2,1H3,(H,31,32). The smallest absolute Gasteiger partial charge is 0.265 e. The van der Waals surface area contributed by atoms with Crippen LogP contribution < -0.4 is 14.8 Å². The number of anilines is 1. The lowest BCUT2D eigenvalue weighted by molar-refractivity contribution is -0.122. The molecule has 0 fully saturated rings. The van der Waals surface area contributed by atoms with Crippen LogP contribution in [-0.2, 0) is 11.2 Å². The van der Waals surface area contributed by atoms with Gasteiger partial charge in [-0.25, -0.2) is 0 Å². The second kappa shape index (κ2) is 11.7. The van der Waals surface area contributed by atoms with Crippen LogP contribution in [0, 0.1) is 0 Å². The fraction of sp³-hybridized carbons (Fsp3) is 0.167. The predicted molar refractivity (Wildman–Crippen MR) is 137 cm³/mol. The molecule has 4 aromatic carbocycles. The van der Waals surface area contributed by atoms with Crippen LogP contribution in [0.4, 0.5) is 5.69 Å². The van der Waals surface area contributed by atoms with Gasteiger partial charge in [0.25, 0.3) is 5.91 Å². The molecule has 34 heavy (non-hydrogen) atoms. The van der Waals surface area contributed by atoms with Gasteiger partial charge < -0.3 is 14.8 Å². The van der Waals surface area contributed by atoms with Crippen LogP contribution in [0.5, 0.6) is 11.5 Å². The Kier molecular flexibility index (Phi) is 7.96. The van der Waals surface area contributed by atoms with Crippen molar-refractivity contribution in [1.29, 1.82) is 0 Å². The first-order chi connectivity index (χ1) is 16.7. The maximum absolute atomic E-state index is 12.9. The molecule has 172 valence electrons. The Morgan fingerprint density at radius 3 is 2.15 bits per heavy atom. The summed E-state index contributed by atoms with van der Waals surface area (Å²) in [6.07, 6.45) is 0.788. The molecule has 0 heterocycles. The van der Waals surface area contributed by atoms with Crippen LogP contribution in [0.15, 0.2) is 109 Å². The molecule has 4 aromatic rings. The molecule has 0 aliphatic rings. The topological polar surface area (TPSA) is 47.6 Å². The Morgan fingerprint density at radius 2 is 1.44 bits per heavy atom. The number of amides is 1. The maximum atomic E-state index is 12.9. The summed E-state index contributed by atoms with van der Waals surface area (Å²) < 4.78 is 11.9. The molecule has 0 radical (unpaired) electrons. The molecule has 0 bridgehead atoms. The molecule has 0 aromatic heterocycles. The quantitative estimate of drug-likeness (QED) is 0.289. The number of benzene rings is 4. The highest BCUT2D eigenvalue weighted by Crippen LogP contribution is 2.24. The zero-order chi connectivity index (χ0) is 23.6. The first-order valence-electron chi connectivity index (χ1n) is 11.6. The Balaban J connectivity index is 1.32. The number of nitrogens with one attached hydrogen (secondary N) is 1. The Labute approximate surface area is 201 Å². The van der Waals surface area contributed by atoms with Crippen LogP contribution in [0.2, 0.25) is 0 Å². The molecule has 0 aliphatic heterocycles. The van der Waals surface area contributed by atoms with Gasteiger partial charge in [0, 0.05) is 18.2 Å². The van der Waals surface area contributed by atoms with Crippen molar-refractivity contribution in [2.75, 3.05) is 11.9 Å². The molecule has 1 N–H and O–H groups in total. The predicted octanol–water partition coefficient (Wildman–Crippen LogP) is 6.77. The van der Waals surface area contributed by atoms with Crippen molar-refractivity contribution in [1.82, 2.24) is 0 Å². The molecular formula is C30H29NO3. The van der Waals surface area contributed by atoms with Crippen LogP contribution in [0.25, 0.3) is 11.1 Å². The lowest BCUT2D eigenvalue weighted by atomic mass is 10.1. The Hall–Kier alpha value is -4.05. The van der Waals surface area contributed by atoms with Gasteiger partial charge in [-0.15, -0.1) is 0 Å². The van der Waals surface area contributed by atoms with E-state index in [9.17, 15) is 4.79 Å². The van der Waals surface area contributed by atoms with Gasteiger partial charge in [0.15, 0.2) is 6.10 Å². The average molecular weight is 452 g/mol. The van der Waals surface area contributed by atoms with E-state index in [2.05, 4.69) is 29.6 Å². The van der Waals surface area contributed by atoms with E-state index < -0.39 is 6.10 Å². The third-order valence-electron chi connectivity index (χ3n) is 5.51. The SMILES string of the molecule is CCC(Oc1ccc(-c2ccccc2)cc1)C(=O)Nc1cccc(OCCc2ccccc2)c1. The lowest BCUT2D eigenvalue weighted by Crippen LogP contribution is -2.32. The van der Waals surface area contributed by atoms with E-state index in [4.69, 9.17) is 9.47 Å². The van der Waals surface area contributed by atoms with Crippen molar-refractivity contribution in [2.45, 2.75) is 25.9 Å². The summed E-state index contributed by atoms with van der Waals surface area (Å²) >= 11 is 0. The summed E-state index contributed by atoms with van der Waals surface area (Å²) in [5, 5.41) is 2.95.